The zero-order valence-electron chi connectivity index (χ0n) is 11.4. The molecule has 4 rings (SSSR count). The quantitative estimate of drug-likeness (QED) is 0.866. The van der Waals surface area contributed by atoms with Crippen molar-refractivity contribution in [3.05, 3.63) is 23.7 Å². The predicted molar refractivity (Wildman–Crippen MR) is 80.9 cm³/mol. The van der Waals surface area contributed by atoms with E-state index in [4.69, 9.17) is 4.98 Å². The van der Waals surface area contributed by atoms with Gasteiger partial charge >= 0.3 is 0 Å². The number of hydrogen-bond donors (Lipinski definition) is 1. The molecule has 19 heavy (non-hydrogen) atoms. The maximum absolute atomic E-state index is 4.70. The van der Waals surface area contributed by atoms with Crippen molar-refractivity contribution in [3.8, 4) is 0 Å². The molecule has 1 N–H and O–H groups in total. The van der Waals surface area contributed by atoms with Crippen LogP contribution in [0.5, 0.6) is 0 Å². The molecule has 0 aromatic carbocycles. The van der Waals surface area contributed by atoms with E-state index in [2.05, 4.69) is 41.6 Å². The lowest BCUT2D eigenvalue weighted by Crippen LogP contribution is -2.45. The van der Waals surface area contributed by atoms with Crippen LogP contribution in [0.1, 0.15) is 13.8 Å². The molecule has 0 aliphatic carbocycles. The Balaban J connectivity index is 1.82. The highest BCUT2D eigenvalue weighted by atomic mass is 32.1. The van der Waals surface area contributed by atoms with Gasteiger partial charge in [-0.25, -0.2) is 4.98 Å². The molecule has 0 saturated carbocycles. The minimum Gasteiger partial charge on any atom is -0.350 e. The molecule has 0 bridgehead atoms. The first-order chi connectivity index (χ1) is 9.18. The number of thiophene rings is 1. The number of pyridine rings is 1. The average Bonchev–Trinajstić information content (AvgIpc) is 3.06. The maximum atomic E-state index is 4.70. The number of fused-ring (bicyclic) bond motifs is 2. The molecule has 4 heteroatoms. The Morgan fingerprint density at radius 2 is 2.26 bits per heavy atom. The zero-order chi connectivity index (χ0) is 13.0. The van der Waals surface area contributed by atoms with Gasteiger partial charge in [0.05, 0.1) is 0 Å². The second kappa shape index (κ2) is 3.93. The van der Waals surface area contributed by atoms with Crippen molar-refractivity contribution >= 4 is 27.2 Å². The van der Waals surface area contributed by atoms with Gasteiger partial charge in [-0.15, -0.1) is 11.3 Å². The second-order valence-electron chi connectivity index (χ2n) is 6.26. The van der Waals surface area contributed by atoms with E-state index < -0.39 is 0 Å². The summed E-state index contributed by atoms with van der Waals surface area (Å²) in [6.45, 7) is 8.18. The van der Waals surface area contributed by atoms with Gasteiger partial charge in [0.25, 0.3) is 0 Å². The summed E-state index contributed by atoms with van der Waals surface area (Å²) in [7, 11) is 0. The summed E-state index contributed by atoms with van der Waals surface area (Å²) in [6, 6.07) is 4.33. The number of hydrogen-bond acceptors (Lipinski definition) is 4. The summed E-state index contributed by atoms with van der Waals surface area (Å²) in [4.78, 5) is 7.24. The molecule has 2 aliphatic heterocycles. The van der Waals surface area contributed by atoms with E-state index in [1.54, 1.807) is 11.3 Å². The summed E-state index contributed by atoms with van der Waals surface area (Å²) in [6.07, 6.45) is 1.95. The van der Waals surface area contributed by atoms with Crippen LogP contribution in [-0.2, 0) is 0 Å². The first-order valence-corrected chi connectivity index (χ1v) is 7.86. The molecule has 2 saturated heterocycles. The van der Waals surface area contributed by atoms with Gasteiger partial charge in [-0.2, -0.15) is 0 Å². The molecule has 0 spiro atoms. The lowest BCUT2D eigenvalue weighted by molar-refractivity contribution is 0.356. The SMILES string of the molecule is CC1(C)C2CNCC2CN1c1nccc2sccc12. The van der Waals surface area contributed by atoms with Crippen LogP contribution in [0.2, 0.25) is 0 Å². The fourth-order valence-corrected chi connectivity index (χ4v) is 4.65. The van der Waals surface area contributed by atoms with Crippen LogP contribution >= 0.6 is 11.3 Å². The Kier molecular flexibility index (Phi) is 2.42. The van der Waals surface area contributed by atoms with Crippen molar-refractivity contribution in [3.63, 3.8) is 0 Å². The van der Waals surface area contributed by atoms with Gasteiger partial charge in [-0.3, -0.25) is 0 Å². The molecule has 0 amide bonds. The van der Waals surface area contributed by atoms with Gasteiger partial charge < -0.3 is 10.2 Å². The summed E-state index contributed by atoms with van der Waals surface area (Å²) in [5.74, 6) is 2.69. The normalized spacial score (nSPS) is 29.1. The van der Waals surface area contributed by atoms with Crippen molar-refractivity contribution in [1.82, 2.24) is 10.3 Å². The molecule has 2 atom stereocenters. The Bertz CT molecular complexity index is 619. The molecule has 0 radical (unpaired) electrons. The highest BCUT2D eigenvalue weighted by molar-refractivity contribution is 7.17. The van der Waals surface area contributed by atoms with Crippen LogP contribution in [0.3, 0.4) is 0 Å². The van der Waals surface area contributed by atoms with Crippen LogP contribution in [0.15, 0.2) is 23.7 Å². The standard InChI is InChI=1S/C15H19N3S/c1-15(2)12-8-16-7-10(12)9-18(15)14-11-4-6-19-13(11)3-5-17-14/h3-6,10,12,16H,7-9H2,1-2H3. The summed E-state index contributed by atoms with van der Waals surface area (Å²) < 4.78 is 1.34. The fourth-order valence-electron chi connectivity index (χ4n) is 3.88. The van der Waals surface area contributed by atoms with Crippen molar-refractivity contribution in [2.24, 2.45) is 11.8 Å². The van der Waals surface area contributed by atoms with Crippen molar-refractivity contribution in [2.45, 2.75) is 19.4 Å². The van der Waals surface area contributed by atoms with Crippen molar-refractivity contribution in [1.29, 1.82) is 0 Å². The third-order valence-corrected chi connectivity index (χ3v) is 5.86. The minimum absolute atomic E-state index is 0.192. The lowest BCUT2D eigenvalue weighted by atomic mass is 9.85. The molecular weight excluding hydrogens is 254 g/mol. The van der Waals surface area contributed by atoms with Crippen LogP contribution in [0.25, 0.3) is 10.1 Å². The summed E-state index contributed by atoms with van der Waals surface area (Å²) in [5.41, 5.74) is 0.192. The first kappa shape index (κ1) is 11.7. The Hall–Kier alpha value is -1.13. The van der Waals surface area contributed by atoms with Crippen molar-refractivity contribution < 1.29 is 0 Å². The van der Waals surface area contributed by atoms with Gasteiger partial charge in [0, 0.05) is 41.5 Å². The molecule has 2 fully saturated rings. The highest BCUT2D eigenvalue weighted by Crippen LogP contribution is 2.44. The molecule has 2 aromatic rings. The highest BCUT2D eigenvalue weighted by Gasteiger charge is 2.50. The van der Waals surface area contributed by atoms with Crippen molar-refractivity contribution in [2.75, 3.05) is 24.5 Å². The van der Waals surface area contributed by atoms with E-state index >= 15 is 0 Å². The lowest BCUT2D eigenvalue weighted by Gasteiger charge is -2.36. The molecule has 2 aromatic heterocycles. The van der Waals surface area contributed by atoms with Crippen LogP contribution in [0, 0.1) is 11.8 Å². The van der Waals surface area contributed by atoms with Gasteiger partial charge in [0.1, 0.15) is 5.82 Å². The Morgan fingerprint density at radius 1 is 1.37 bits per heavy atom. The zero-order valence-corrected chi connectivity index (χ0v) is 12.2. The van der Waals surface area contributed by atoms with Crippen LogP contribution < -0.4 is 10.2 Å². The number of anilines is 1. The van der Waals surface area contributed by atoms with Gasteiger partial charge in [-0.1, -0.05) is 0 Å². The van der Waals surface area contributed by atoms with E-state index in [9.17, 15) is 0 Å². The Morgan fingerprint density at radius 3 is 3.11 bits per heavy atom. The first-order valence-electron chi connectivity index (χ1n) is 6.98. The maximum Gasteiger partial charge on any atom is 0.137 e. The molecule has 3 nitrogen and oxygen atoms in total. The monoisotopic (exact) mass is 273 g/mol. The average molecular weight is 273 g/mol. The predicted octanol–water partition coefficient (Wildman–Crippen LogP) is 2.73. The van der Waals surface area contributed by atoms with Gasteiger partial charge in [-0.05, 0) is 43.2 Å². The minimum atomic E-state index is 0.192. The summed E-state index contributed by atoms with van der Waals surface area (Å²) >= 11 is 1.80. The molecule has 100 valence electrons. The molecule has 2 unspecified atom stereocenters. The topological polar surface area (TPSA) is 28.2 Å². The molecule has 2 aliphatic rings. The molecular formula is C15H19N3S. The van der Waals surface area contributed by atoms with E-state index in [0.717, 1.165) is 31.5 Å². The van der Waals surface area contributed by atoms with Gasteiger partial charge in [0.15, 0.2) is 0 Å². The number of nitrogens with one attached hydrogen (secondary N) is 1. The summed E-state index contributed by atoms with van der Waals surface area (Å²) in [5, 5.41) is 7.02. The molecule has 4 heterocycles. The van der Waals surface area contributed by atoms with E-state index in [-0.39, 0.29) is 5.54 Å². The van der Waals surface area contributed by atoms with Crippen LogP contribution in [0.4, 0.5) is 5.82 Å². The fraction of sp³-hybridized carbons (Fsp3) is 0.533. The Labute approximate surface area is 117 Å². The van der Waals surface area contributed by atoms with E-state index in [1.165, 1.54) is 15.9 Å². The van der Waals surface area contributed by atoms with Crippen LogP contribution in [-0.4, -0.2) is 30.2 Å². The number of nitrogens with zero attached hydrogens (tertiary/aromatic N) is 2. The third-order valence-electron chi connectivity index (χ3n) is 4.97. The van der Waals surface area contributed by atoms with E-state index in [1.807, 2.05) is 6.20 Å². The smallest absolute Gasteiger partial charge is 0.137 e. The largest absolute Gasteiger partial charge is 0.350 e. The number of aromatic nitrogens is 1. The third kappa shape index (κ3) is 1.56. The number of rotatable bonds is 1. The second-order valence-corrected chi connectivity index (χ2v) is 7.20. The van der Waals surface area contributed by atoms with Gasteiger partial charge in [0.2, 0.25) is 0 Å². The van der Waals surface area contributed by atoms with E-state index in [0.29, 0.717) is 0 Å².